The predicted octanol–water partition coefficient (Wildman–Crippen LogP) is 2.14. The predicted molar refractivity (Wildman–Crippen MR) is 117 cm³/mol. The molecule has 0 bridgehead atoms. The smallest absolute Gasteiger partial charge is 0.261 e. The van der Waals surface area contributed by atoms with E-state index in [2.05, 4.69) is 20.5 Å². The van der Waals surface area contributed by atoms with Gasteiger partial charge in [-0.05, 0) is 25.8 Å². The number of piperidine rings is 1. The Morgan fingerprint density at radius 1 is 1.33 bits per heavy atom. The molecule has 2 amide bonds. The lowest BCUT2D eigenvalue weighted by atomic mass is 9.92. The van der Waals surface area contributed by atoms with E-state index in [0.717, 1.165) is 6.92 Å². The van der Waals surface area contributed by atoms with E-state index in [9.17, 15) is 18.4 Å². The first-order valence-electron chi connectivity index (χ1n) is 10.6. The van der Waals surface area contributed by atoms with E-state index in [1.165, 1.54) is 20.3 Å². The first-order chi connectivity index (χ1) is 15.6. The number of anilines is 2. The van der Waals surface area contributed by atoms with Gasteiger partial charge in [-0.1, -0.05) is 0 Å². The fourth-order valence-corrected chi connectivity index (χ4v) is 3.85. The van der Waals surface area contributed by atoms with E-state index >= 15 is 0 Å². The molecule has 12 heteroatoms. The number of nitrogens with zero attached hydrogens (tertiary/aromatic N) is 7. The summed E-state index contributed by atoms with van der Waals surface area (Å²) in [4.78, 5) is 32.6. The molecule has 4 rings (SSSR count). The quantitative estimate of drug-likeness (QED) is 0.605. The number of amides is 2. The molecule has 1 atom stereocenters. The molecule has 1 unspecified atom stereocenters. The average molecular weight is 460 g/mol. The van der Waals surface area contributed by atoms with Crippen LogP contribution in [0.2, 0.25) is 0 Å². The van der Waals surface area contributed by atoms with Gasteiger partial charge in [-0.2, -0.15) is 10.2 Å². The molecule has 1 aliphatic heterocycles. The molecule has 1 N–H and O–H groups in total. The Bertz CT molecular complexity index is 1170. The van der Waals surface area contributed by atoms with Gasteiger partial charge in [0.2, 0.25) is 11.8 Å². The van der Waals surface area contributed by atoms with Crippen LogP contribution in [0.25, 0.3) is 5.65 Å². The summed E-state index contributed by atoms with van der Waals surface area (Å²) in [5.41, 5.74) is 0.979. The second kappa shape index (κ2) is 8.75. The van der Waals surface area contributed by atoms with Crippen LogP contribution in [0.3, 0.4) is 0 Å². The highest BCUT2D eigenvalue weighted by Gasteiger charge is 2.38. The maximum atomic E-state index is 14.0. The summed E-state index contributed by atoms with van der Waals surface area (Å²) in [6.45, 7) is 1.50. The van der Waals surface area contributed by atoms with Crippen molar-refractivity contribution in [1.29, 1.82) is 0 Å². The molecule has 1 saturated heterocycles. The highest BCUT2D eigenvalue weighted by Crippen LogP contribution is 2.35. The third kappa shape index (κ3) is 4.78. The summed E-state index contributed by atoms with van der Waals surface area (Å²) in [5.74, 6) is -3.95. The molecule has 4 heterocycles. The van der Waals surface area contributed by atoms with Crippen molar-refractivity contribution in [2.75, 3.05) is 37.4 Å². The summed E-state index contributed by atoms with van der Waals surface area (Å²) in [6, 6.07) is 1.70. The monoisotopic (exact) mass is 460 g/mol. The summed E-state index contributed by atoms with van der Waals surface area (Å²) >= 11 is 0. The van der Waals surface area contributed by atoms with Crippen LogP contribution in [-0.4, -0.2) is 74.2 Å². The van der Waals surface area contributed by atoms with Crippen LogP contribution in [0.4, 0.5) is 20.3 Å². The Labute approximate surface area is 189 Å². The van der Waals surface area contributed by atoms with Crippen LogP contribution < -0.4 is 10.2 Å². The topological polar surface area (TPSA) is 101 Å². The van der Waals surface area contributed by atoms with Crippen LogP contribution in [0.15, 0.2) is 30.9 Å². The maximum Gasteiger partial charge on any atom is 0.261 e. The molecule has 0 aromatic carbocycles. The van der Waals surface area contributed by atoms with E-state index in [0.29, 0.717) is 36.5 Å². The van der Waals surface area contributed by atoms with Gasteiger partial charge in [0.1, 0.15) is 17.8 Å². The standard InChI is InChI=1S/C21H26F2N8O2/c1-21(22,23)14-6-4-8-29(11-14)19-16(12-30(27-19)13-17(32)28(2)3)26-20(33)15-10-25-31-9-5-7-24-18(15)31/h5,7,9-10,12,14H,4,6,8,11,13H2,1-3H3,(H,26,33). The number of fused-ring (bicyclic) bond motifs is 1. The minimum Gasteiger partial charge on any atom is -0.353 e. The number of halogens is 2. The van der Waals surface area contributed by atoms with E-state index < -0.39 is 17.7 Å². The summed E-state index contributed by atoms with van der Waals surface area (Å²) in [6.07, 6.45) is 7.17. The lowest BCUT2D eigenvalue weighted by Gasteiger charge is -2.36. The van der Waals surface area contributed by atoms with Gasteiger partial charge >= 0.3 is 0 Å². The van der Waals surface area contributed by atoms with Gasteiger partial charge < -0.3 is 15.1 Å². The van der Waals surface area contributed by atoms with Crippen molar-refractivity contribution in [3.8, 4) is 0 Å². The molecule has 176 valence electrons. The van der Waals surface area contributed by atoms with Crippen molar-refractivity contribution in [3.05, 3.63) is 36.4 Å². The fourth-order valence-electron chi connectivity index (χ4n) is 3.85. The van der Waals surface area contributed by atoms with Crippen molar-refractivity contribution < 1.29 is 18.4 Å². The Morgan fingerprint density at radius 3 is 2.85 bits per heavy atom. The number of carbonyl (C=O) groups excluding carboxylic acids is 2. The lowest BCUT2D eigenvalue weighted by Crippen LogP contribution is -2.42. The van der Waals surface area contributed by atoms with E-state index in [-0.39, 0.29) is 24.6 Å². The number of nitrogens with one attached hydrogen (secondary N) is 1. The molecule has 10 nitrogen and oxygen atoms in total. The van der Waals surface area contributed by atoms with Gasteiger partial charge in [0.15, 0.2) is 11.5 Å². The zero-order valence-corrected chi connectivity index (χ0v) is 18.7. The number of carbonyl (C=O) groups is 2. The molecular formula is C21H26F2N8O2. The van der Waals surface area contributed by atoms with Crippen LogP contribution in [-0.2, 0) is 11.3 Å². The summed E-state index contributed by atoms with van der Waals surface area (Å²) in [5, 5.41) is 11.4. The van der Waals surface area contributed by atoms with E-state index in [1.807, 2.05) is 0 Å². The van der Waals surface area contributed by atoms with Crippen molar-refractivity contribution in [2.45, 2.75) is 32.2 Å². The van der Waals surface area contributed by atoms with Crippen LogP contribution in [0.5, 0.6) is 0 Å². The van der Waals surface area contributed by atoms with Crippen molar-refractivity contribution in [3.63, 3.8) is 0 Å². The van der Waals surface area contributed by atoms with Gasteiger partial charge in [-0.3, -0.25) is 14.3 Å². The number of rotatable bonds is 6. The van der Waals surface area contributed by atoms with E-state index in [4.69, 9.17) is 0 Å². The SMILES string of the molecule is CN(C)C(=O)Cn1cc(NC(=O)c2cnn3cccnc23)c(N2CCCC(C(C)(F)F)C2)n1. The van der Waals surface area contributed by atoms with E-state index in [1.54, 1.807) is 43.7 Å². The van der Waals surface area contributed by atoms with Gasteiger partial charge in [0.25, 0.3) is 5.91 Å². The number of hydrogen-bond donors (Lipinski definition) is 1. The summed E-state index contributed by atoms with van der Waals surface area (Å²) in [7, 11) is 3.26. The number of aromatic nitrogens is 5. The van der Waals surface area contributed by atoms with Gasteiger partial charge in [-0.25, -0.2) is 18.3 Å². The first kappa shape index (κ1) is 22.6. The maximum absolute atomic E-state index is 14.0. The molecular weight excluding hydrogens is 434 g/mol. The number of hydrogen-bond acceptors (Lipinski definition) is 6. The normalized spacial score (nSPS) is 16.8. The second-order valence-corrected chi connectivity index (χ2v) is 8.49. The average Bonchev–Trinajstić information content (AvgIpc) is 3.37. The van der Waals surface area contributed by atoms with Crippen molar-refractivity contribution >= 4 is 29.0 Å². The number of likely N-dealkylation sites (N-methyl/N-ethyl adjacent to an activating group) is 1. The van der Waals surface area contributed by atoms with Gasteiger partial charge in [-0.15, -0.1) is 0 Å². The fraction of sp³-hybridized carbons (Fsp3) is 0.476. The molecule has 0 radical (unpaired) electrons. The Morgan fingerprint density at radius 2 is 2.12 bits per heavy atom. The van der Waals surface area contributed by atoms with Crippen molar-refractivity contribution in [1.82, 2.24) is 29.3 Å². The second-order valence-electron chi connectivity index (χ2n) is 8.49. The molecule has 3 aromatic rings. The molecule has 0 saturated carbocycles. The molecule has 33 heavy (non-hydrogen) atoms. The first-order valence-corrected chi connectivity index (χ1v) is 10.6. The minimum atomic E-state index is -2.83. The molecule has 1 fully saturated rings. The summed E-state index contributed by atoms with van der Waals surface area (Å²) < 4.78 is 30.9. The minimum absolute atomic E-state index is 0.0463. The zero-order valence-electron chi connectivity index (χ0n) is 18.7. The molecule has 1 aliphatic rings. The zero-order chi connectivity index (χ0) is 23.8. The molecule has 0 spiro atoms. The lowest BCUT2D eigenvalue weighted by molar-refractivity contribution is -0.129. The largest absolute Gasteiger partial charge is 0.353 e. The van der Waals surface area contributed by atoms with Crippen LogP contribution in [0, 0.1) is 5.92 Å². The van der Waals surface area contributed by atoms with Crippen LogP contribution >= 0.6 is 0 Å². The number of alkyl halides is 2. The van der Waals surface area contributed by atoms with Gasteiger partial charge in [0.05, 0.1) is 12.4 Å². The third-order valence-electron chi connectivity index (χ3n) is 5.75. The third-order valence-corrected chi connectivity index (χ3v) is 5.75. The Kier molecular flexibility index (Phi) is 6.00. The highest BCUT2D eigenvalue weighted by atomic mass is 19.3. The van der Waals surface area contributed by atoms with Crippen LogP contribution in [0.1, 0.15) is 30.1 Å². The van der Waals surface area contributed by atoms with Gasteiger partial charge in [0, 0.05) is 45.5 Å². The highest BCUT2D eigenvalue weighted by molar-refractivity contribution is 6.09. The Hall–Kier alpha value is -3.57. The van der Waals surface area contributed by atoms with Crippen molar-refractivity contribution in [2.24, 2.45) is 5.92 Å². The molecule has 0 aliphatic carbocycles. The Balaban J connectivity index is 1.64. The molecule has 3 aromatic heterocycles.